The Balaban J connectivity index is 2.32. The smallest absolute Gasteiger partial charge is 0.157 e. The Morgan fingerprint density at radius 3 is 2.18 bits per heavy atom. The molecule has 0 aromatic heterocycles. The van der Waals surface area contributed by atoms with Gasteiger partial charge in [-0.05, 0) is 30.3 Å². The van der Waals surface area contributed by atoms with E-state index >= 15 is 0 Å². The summed E-state index contributed by atoms with van der Waals surface area (Å²) in [7, 11) is 0. The van der Waals surface area contributed by atoms with Gasteiger partial charge in [0.15, 0.2) is 17.3 Å². The number of hydrogen-bond acceptors (Lipinski definition) is 3. The molecule has 0 radical (unpaired) electrons. The number of anilines is 1. The highest BCUT2D eigenvalue weighted by Crippen LogP contribution is 2.24. The van der Waals surface area contributed by atoms with E-state index in [0.717, 1.165) is 12.1 Å². The molecule has 0 amide bonds. The fourth-order valence-electron chi connectivity index (χ4n) is 1.28. The first-order valence-electron chi connectivity index (χ1n) is 4.88. The monoisotopic (exact) mass is 233 g/mol. The van der Waals surface area contributed by atoms with Crippen LogP contribution in [0.5, 0.6) is 0 Å². The molecule has 5 heteroatoms. The zero-order valence-corrected chi connectivity index (χ0v) is 8.77. The molecule has 3 nitrogen and oxygen atoms in total. The number of nitrogens with zero attached hydrogens (tertiary/aromatic N) is 2. The summed E-state index contributed by atoms with van der Waals surface area (Å²) >= 11 is 0. The van der Waals surface area contributed by atoms with Crippen molar-refractivity contribution in [1.82, 2.24) is 0 Å². The van der Waals surface area contributed by atoms with Crippen LogP contribution in [0.1, 0.15) is 0 Å². The van der Waals surface area contributed by atoms with Crippen molar-refractivity contribution in [3.63, 3.8) is 0 Å². The lowest BCUT2D eigenvalue weighted by Crippen LogP contribution is -1.82. The van der Waals surface area contributed by atoms with Gasteiger partial charge in [-0.25, -0.2) is 8.78 Å². The second-order valence-electron chi connectivity index (χ2n) is 3.37. The van der Waals surface area contributed by atoms with Gasteiger partial charge in [0.1, 0.15) is 0 Å². The molecule has 0 saturated carbocycles. The van der Waals surface area contributed by atoms with Gasteiger partial charge < -0.3 is 5.73 Å². The number of nitrogens with two attached hydrogens (primary N) is 1. The summed E-state index contributed by atoms with van der Waals surface area (Å²) in [4.78, 5) is 0. The van der Waals surface area contributed by atoms with Gasteiger partial charge in [-0.1, -0.05) is 12.1 Å². The van der Waals surface area contributed by atoms with Crippen LogP contribution in [0.15, 0.2) is 52.7 Å². The van der Waals surface area contributed by atoms with Crippen molar-refractivity contribution in [3.05, 3.63) is 54.1 Å². The predicted octanol–water partition coefficient (Wildman–Crippen LogP) is 3.96. The summed E-state index contributed by atoms with van der Waals surface area (Å²) in [5.41, 5.74) is 6.08. The van der Waals surface area contributed by atoms with Crippen molar-refractivity contribution in [1.29, 1.82) is 0 Å². The lowest BCUT2D eigenvalue weighted by molar-refractivity contribution is 0.585. The number of halogens is 2. The third-order valence-corrected chi connectivity index (χ3v) is 2.07. The van der Waals surface area contributed by atoms with E-state index in [9.17, 15) is 8.78 Å². The summed E-state index contributed by atoms with van der Waals surface area (Å²) < 4.78 is 26.4. The van der Waals surface area contributed by atoms with E-state index in [1.807, 2.05) is 0 Å². The van der Waals surface area contributed by atoms with Crippen molar-refractivity contribution in [2.24, 2.45) is 10.2 Å². The largest absolute Gasteiger partial charge is 0.399 e. The second kappa shape index (κ2) is 4.69. The molecule has 2 rings (SSSR count). The minimum absolute atomic E-state index is 0.407. The summed E-state index contributed by atoms with van der Waals surface area (Å²) in [5, 5.41) is 7.26. The van der Waals surface area contributed by atoms with Gasteiger partial charge in [-0.15, -0.1) is 5.11 Å². The predicted molar refractivity (Wildman–Crippen MR) is 61.4 cm³/mol. The van der Waals surface area contributed by atoms with Crippen LogP contribution in [-0.2, 0) is 0 Å². The summed E-state index contributed by atoms with van der Waals surface area (Å²) in [6, 6.07) is 10.1. The van der Waals surface area contributed by atoms with E-state index in [1.54, 1.807) is 24.3 Å². The molecule has 0 aliphatic carbocycles. The Morgan fingerprint density at radius 2 is 1.53 bits per heavy atom. The first-order valence-corrected chi connectivity index (χ1v) is 4.88. The standard InChI is InChI=1S/C12H9F2N3/c13-10-5-2-6-11(14)12(10)17-16-9-4-1-3-8(15)7-9/h1-7H,15H2. The third kappa shape index (κ3) is 2.63. The number of nitrogen functional groups attached to an aromatic ring is 1. The Hall–Kier alpha value is -2.30. The van der Waals surface area contributed by atoms with Crippen LogP contribution >= 0.6 is 0 Å². The molecule has 0 atom stereocenters. The Morgan fingerprint density at radius 1 is 0.882 bits per heavy atom. The topological polar surface area (TPSA) is 50.7 Å². The van der Waals surface area contributed by atoms with Gasteiger partial charge in [0, 0.05) is 5.69 Å². The highest BCUT2D eigenvalue weighted by atomic mass is 19.1. The molecule has 0 saturated heterocycles. The highest BCUT2D eigenvalue weighted by molar-refractivity contribution is 5.50. The first-order chi connectivity index (χ1) is 8.16. The van der Waals surface area contributed by atoms with E-state index in [-0.39, 0.29) is 0 Å². The van der Waals surface area contributed by atoms with Crippen molar-refractivity contribution in [3.8, 4) is 0 Å². The Kier molecular flexibility index (Phi) is 3.09. The number of rotatable bonds is 2. The molecule has 0 aliphatic heterocycles. The molecular weight excluding hydrogens is 224 g/mol. The fourth-order valence-corrected chi connectivity index (χ4v) is 1.28. The average molecular weight is 233 g/mol. The Bertz CT molecular complexity index is 547. The van der Waals surface area contributed by atoms with Gasteiger partial charge in [-0.2, -0.15) is 5.11 Å². The van der Waals surface area contributed by atoms with E-state index in [2.05, 4.69) is 10.2 Å². The lowest BCUT2D eigenvalue weighted by Gasteiger charge is -1.97. The minimum atomic E-state index is -0.752. The van der Waals surface area contributed by atoms with Crippen LogP contribution < -0.4 is 5.73 Å². The van der Waals surface area contributed by atoms with Crippen LogP contribution in [0.4, 0.5) is 25.8 Å². The fraction of sp³-hybridized carbons (Fsp3) is 0. The summed E-state index contributed by atoms with van der Waals surface area (Å²) in [6.07, 6.45) is 0. The van der Waals surface area contributed by atoms with Crippen molar-refractivity contribution >= 4 is 17.1 Å². The Labute approximate surface area is 96.6 Å². The summed E-state index contributed by atoms with van der Waals surface area (Å²) in [6.45, 7) is 0. The molecule has 0 heterocycles. The minimum Gasteiger partial charge on any atom is -0.399 e. The maximum Gasteiger partial charge on any atom is 0.157 e. The van der Waals surface area contributed by atoms with Gasteiger partial charge in [0.25, 0.3) is 0 Å². The molecule has 0 aliphatic rings. The number of hydrogen-bond donors (Lipinski definition) is 1. The van der Waals surface area contributed by atoms with E-state index in [0.29, 0.717) is 11.4 Å². The van der Waals surface area contributed by atoms with Crippen molar-refractivity contribution in [2.45, 2.75) is 0 Å². The molecular formula is C12H9F2N3. The van der Waals surface area contributed by atoms with E-state index in [1.165, 1.54) is 6.07 Å². The van der Waals surface area contributed by atoms with Gasteiger partial charge in [0.05, 0.1) is 5.69 Å². The van der Waals surface area contributed by atoms with Gasteiger partial charge in [-0.3, -0.25) is 0 Å². The second-order valence-corrected chi connectivity index (χ2v) is 3.37. The van der Waals surface area contributed by atoms with Crippen molar-refractivity contribution in [2.75, 3.05) is 5.73 Å². The quantitative estimate of drug-likeness (QED) is 0.619. The molecule has 2 aromatic rings. The van der Waals surface area contributed by atoms with E-state index in [4.69, 9.17) is 5.73 Å². The molecule has 0 fully saturated rings. The molecule has 17 heavy (non-hydrogen) atoms. The molecule has 2 aromatic carbocycles. The zero-order chi connectivity index (χ0) is 12.3. The van der Waals surface area contributed by atoms with Crippen LogP contribution in [-0.4, -0.2) is 0 Å². The molecule has 0 spiro atoms. The average Bonchev–Trinajstić information content (AvgIpc) is 2.28. The normalized spacial score (nSPS) is 10.9. The first kappa shape index (κ1) is 11.2. The lowest BCUT2D eigenvalue weighted by atomic mass is 10.3. The molecule has 2 N–H and O–H groups in total. The highest BCUT2D eigenvalue weighted by Gasteiger charge is 2.06. The molecule has 0 bridgehead atoms. The van der Waals surface area contributed by atoms with Crippen LogP contribution in [0.2, 0.25) is 0 Å². The van der Waals surface area contributed by atoms with Crippen LogP contribution in [0.25, 0.3) is 0 Å². The van der Waals surface area contributed by atoms with Crippen LogP contribution in [0, 0.1) is 11.6 Å². The number of azo groups is 1. The molecule has 0 unspecified atom stereocenters. The maximum atomic E-state index is 13.2. The zero-order valence-electron chi connectivity index (χ0n) is 8.77. The van der Waals surface area contributed by atoms with Gasteiger partial charge >= 0.3 is 0 Å². The summed E-state index contributed by atoms with van der Waals surface area (Å²) in [5.74, 6) is -1.50. The van der Waals surface area contributed by atoms with Crippen LogP contribution in [0.3, 0.4) is 0 Å². The van der Waals surface area contributed by atoms with E-state index < -0.39 is 17.3 Å². The van der Waals surface area contributed by atoms with Crippen molar-refractivity contribution < 1.29 is 8.78 Å². The maximum absolute atomic E-state index is 13.2. The SMILES string of the molecule is Nc1cccc(N=Nc2c(F)cccc2F)c1. The van der Waals surface area contributed by atoms with Gasteiger partial charge in [0.2, 0.25) is 0 Å². The molecule has 86 valence electrons. The number of benzene rings is 2. The third-order valence-electron chi connectivity index (χ3n) is 2.07.